The van der Waals surface area contributed by atoms with Crippen molar-refractivity contribution < 1.29 is 14.7 Å². The van der Waals surface area contributed by atoms with Gasteiger partial charge in [-0.3, -0.25) is 9.59 Å². The van der Waals surface area contributed by atoms with Gasteiger partial charge in [0.15, 0.2) is 0 Å². The van der Waals surface area contributed by atoms with Crippen molar-refractivity contribution in [2.75, 3.05) is 6.54 Å². The van der Waals surface area contributed by atoms with Crippen LogP contribution in [0.4, 0.5) is 0 Å². The van der Waals surface area contributed by atoms with Crippen LogP contribution >= 0.6 is 0 Å². The molecule has 0 saturated heterocycles. The second-order valence-corrected chi connectivity index (χ2v) is 5.81. The quantitative estimate of drug-likeness (QED) is 0.717. The average molecular weight is 255 g/mol. The molecule has 0 aromatic carbocycles. The van der Waals surface area contributed by atoms with Crippen LogP contribution in [-0.4, -0.2) is 23.5 Å². The zero-order chi connectivity index (χ0) is 14.3. The molecule has 0 saturated carbocycles. The average Bonchev–Trinajstić information content (AvgIpc) is 2.22. The Bertz CT molecular complexity index is 326. The smallest absolute Gasteiger partial charge is 0.308 e. The van der Waals surface area contributed by atoms with Crippen molar-refractivity contribution in [3.63, 3.8) is 0 Å². The van der Waals surface area contributed by atoms with Crippen LogP contribution in [0.2, 0.25) is 0 Å². The number of amides is 1. The zero-order valence-corrected chi connectivity index (χ0v) is 12.0. The lowest BCUT2D eigenvalue weighted by atomic mass is 9.84. The third-order valence-corrected chi connectivity index (χ3v) is 2.59. The highest BCUT2D eigenvalue weighted by Crippen LogP contribution is 2.24. The fourth-order valence-electron chi connectivity index (χ4n) is 1.74. The molecule has 4 nitrogen and oxygen atoms in total. The Labute approximate surface area is 109 Å². The highest BCUT2D eigenvalue weighted by atomic mass is 16.4. The van der Waals surface area contributed by atoms with Crippen LogP contribution in [0.15, 0.2) is 11.6 Å². The Hall–Kier alpha value is -1.32. The summed E-state index contributed by atoms with van der Waals surface area (Å²) < 4.78 is 0. The summed E-state index contributed by atoms with van der Waals surface area (Å²) in [5, 5.41) is 11.8. The van der Waals surface area contributed by atoms with Crippen LogP contribution in [0.3, 0.4) is 0 Å². The summed E-state index contributed by atoms with van der Waals surface area (Å²) in [5.41, 5.74) is 0.569. The van der Waals surface area contributed by atoms with Gasteiger partial charge >= 0.3 is 5.97 Å². The van der Waals surface area contributed by atoms with Gasteiger partial charge in [0, 0.05) is 12.1 Å². The number of hydrogen-bond donors (Lipinski definition) is 2. The van der Waals surface area contributed by atoms with Crippen LogP contribution in [0.25, 0.3) is 0 Å². The molecule has 2 N–H and O–H groups in total. The number of aliphatic carboxylic acids is 1. The van der Waals surface area contributed by atoms with Crippen LogP contribution in [0, 0.1) is 11.3 Å². The van der Waals surface area contributed by atoms with Gasteiger partial charge in [-0.1, -0.05) is 33.8 Å². The summed E-state index contributed by atoms with van der Waals surface area (Å²) in [6.07, 6.45) is 3.16. The summed E-state index contributed by atoms with van der Waals surface area (Å²) in [5.74, 6) is -1.58. The number of carboxylic acids is 1. The number of allylic oxidation sites excluding steroid dienone is 1. The van der Waals surface area contributed by atoms with E-state index in [2.05, 4.69) is 5.32 Å². The molecule has 0 heterocycles. The molecule has 0 spiro atoms. The molecular formula is C14H25NO3. The van der Waals surface area contributed by atoms with E-state index in [1.807, 2.05) is 33.8 Å². The number of rotatable bonds is 6. The van der Waals surface area contributed by atoms with Gasteiger partial charge in [0.1, 0.15) is 0 Å². The zero-order valence-electron chi connectivity index (χ0n) is 12.0. The second-order valence-electron chi connectivity index (χ2n) is 5.81. The molecule has 0 aromatic heterocycles. The number of carbonyl (C=O) groups is 2. The van der Waals surface area contributed by atoms with Gasteiger partial charge in [-0.25, -0.2) is 0 Å². The maximum absolute atomic E-state index is 11.7. The minimum Gasteiger partial charge on any atom is -0.481 e. The Morgan fingerprint density at radius 3 is 2.28 bits per heavy atom. The van der Waals surface area contributed by atoms with E-state index in [1.165, 1.54) is 0 Å². The summed E-state index contributed by atoms with van der Waals surface area (Å²) in [4.78, 5) is 22.8. The van der Waals surface area contributed by atoms with Gasteiger partial charge in [0.2, 0.25) is 5.91 Å². The minimum atomic E-state index is -0.859. The SMILES string of the molecule is CC/C=C(/C)C(=O)NCC(CC(C)(C)C)C(=O)O. The fourth-order valence-corrected chi connectivity index (χ4v) is 1.74. The molecular weight excluding hydrogens is 230 g/mol. The van der Waals surface area contributed by atoms with Crippen molar-refractivity contribution in [2.24, 2.45) is 11.3 Å². The molecule has 0 radical (unpaired) electrons. The molecule has 18 heavy (non-hydrogen) atoms. The molecule has 4 heteroatoms. The number of carboxylic acid groups (broad SMARTS) is 1. The van der Waals surface area contributed by atoms with Gasteiger partial charge in [0.05, 0.1) is 5.92 Å². The first-order valence-corrected chi connectivity index (χ1v) is 6.35. The van der Waals surface area contributed by atoms with Crippen molar-refractivity contribution in [2.45, 2.75) is 47.5 Å². The molecule has 0 aromatic rings. The molecule has 0 aliphatic rings. The summed E-state index contributed by atoms with van der Waals surface area (Å²) in [6.45, 7) is 9.85. The van der Waals surface area contributed by atoms with Crippen molar-refractivity contribution in [3.8, 4) is 0 Å². The molecule has 0 aliphatic heterocycles. The normalized spacial score (nSPS) is 14.2. The molecule has 104 valence electrons. The van der Waals surface area contributed by atoms with E-state index in [0.717, 1.165) is 6.42 Å². The van der Waals surface area contributed by atoms with Gasteiger partial charge in [-0.15, -0.1) is 0 Å². The van der Waals surface area contributed by atoms with Gasteiger partial charge < -0.3 is 10.4 Å². The Morgan fingerprint density at radius 2 is 1.89 bits per heavy atom. The van der Waals surface area contributed by atoms with Crippen LogP contribution < -0.4 is 5.32 Å². The highest BCUT2D eigenvalue weighted by Gasteiger charge is 2.24. The first-order valence-electron chi connectivity index (χ1n) is 6.35. The second kappa shape index (κ2) is 7.19. The van der Waals surface area contributed by atoms with E-state index in [1.54, 1.807) is 6.92 Å². The maximum atomic E-state index is 11.7. The molecule has 0 rings (SSSR count). The van der Waals surface area contributed by atoms with E-state index in [9.17, 15) is 9.59 Å². The van der Waals surface area contributed by atoms with E-state index >= 15 is 0 Å². The van der Waals surface area contributed by atoms with Crippen molar-refractivity contribution >= 4 is 11.9 Å². The predicted octanol–water partition coefficient (Wildman–Crippen LogP) is 2.60. The maximum Gasteiger partial charge on any atom is 0.308 e. The highest BCUT2D eigenvalue weighted by molar-refractivity contribution is 5.92. The molecule has 0 fully saturated rings. The lowest BCUT2D eigenvalue weighted by Crippen LogP contribution is -2.35. The number of carbonyl (C=O) groups excluding carboxylic acids is 1. The standard InChI is InChI=1S/C14H25NO3/c1-6-7-10(2)12(16)15-9-11(13(17)18)8-14(3,4)5/h7,11H,6,8-9H2,1-5H3,(H,15,16)(H,17,18)/b10-7-. The Balaban J connectivity index is 4.42. The molecule has 1 atom stereocenters. The third-order valence-electron chi connectivity index (χ3n) is 2.59. The topological polar surface area (TPSA) is 66.4 Å². The molecule has 1 amide bonds. The van der Waals surface area contributed by atoms with E-state index in [4.69, 9.17) is 5.11 Å². The first-order chi connectivity index (χ1) is 8.17. The minimum absolute atomic E-state index is 0.0674. The number of hydrogen-bond acceptors (Lipinski definition) is 2. The Kier molecular flexibility index (Phi) is 6.66. The molecule has 0 bridgehead atoms. The van der Waals surface area contributed by atoms with Crippen LogP contribution in [0.5, 0.6) is 0 Å². The van der Waals surface area contributed by atoms with Crippen molar-refractivity contribution in [3.05, 3.63) is 11.6 Å². The van der Waals surface area contributed by atoms with Crippen molar-refractivity contribution in [1.29, 1.82) is 0 Å². The summed E-state index contributed by atoms with van der Waals surface area (Å²) >= 11 is 0. The van der Waals surface area contributed by atoms with Gasteiger partial charge in [0.25, 0.3) is 0 Å². The lowest BCUT2D eigenvalue weighted by molar-refractivity contribution is -0.142. The van der Waals surface area contributed by atoms with E-state index in [-0.39, 0.29) is 17.9 Å². The van der Waals surface area contributed by atoms with E-state index in [0.29, 0.717) is 12.0 Å². The predicted molar refractivity (Wildman–Crippen MR) is 72.3 cm³/mol. The number of nitrogens with one attached hydrogen (secondary N) is 1. The summed E-state index contributed by atoms with van der Waals surface area (Å²) in [6, 6.07) is 0. The van der Waals surface area contributed by atoms with Crippen molar-refractivity contribution in [1.82, 2.24) is 5.32 Å². The van der Waals surface area contributed by atoms with Gasteiger partial charge in [-0.05, 0) is 25.2 Å². The lowest BCUT2D eigenvalue weighted by Gasteiger charge is -2.23. The monoisotopic (exact) mass is 255 g/mol. The van der Waals surface area contributed by atoms with Crippen LogP contribution in [0.1, 0.15) is 47.5 Å². The first kappa shape index (κ1) is 16.7. The molecule has 1 unspecified atom stereocenters. The fraction of sp³-hybridized carbons (Fsp3) is 0.714. The van der Waals surface area contributed by atoms with Gasteiger partial charge in [-0.2, -0.15) is 0 Å². The Morgan fingerprint density at radius 1 is 1.33 bits per heavy atom. The van der Waals surface area contributed by atoms with Crippen LogP contribution in [-0.2, 0) is 9.59 Å². The third kappa shape index (κ3) is 7.09. The van der Waals surface area contributed by atoms with E-state index < -0.39 is 11.9 Å². The largest absolute Gasteiger partial charge is 0.481 e. The molecule has 0 aliphatic carbocycles. The summed E-state index contributed by atoms with van der Waals surface area (Å²) in [7, 11) is 0.